The largest absolute Gasteiger partial charge is 0.444 e. The second-order valence-corrected chi connectivity index (χ2v) is 7.68. The Morgan fingerprint density at radius 1 is 1.22 bits per heavy atom. The van der Waals surface area contributed by atoms with Crippen LogP contribution in [0, 0.1) is 0 Å². The lowest BCUT2D eigenvalue weighted by atomic mass is 10.1. The predicted molar refractivity (Wildman–Crippen MR) is 93.8 cm³/mol. The van der Waals surface area contributed by atoms with Gasteiger partial charge in [-0.15, -0.1) is 0 Å². The average molecular weight is 328 g/mol. The molecule has 23 heavy (non-hydrogen) atoms. The summed E-state index contributed by atoms with van der Waals surface area (Å²) in [5.74, 6) is 0. The van der Waals surface area contributed by atoms with Gasteiger partial charge in [0, 0.05) is 25.7 Å². The lowest BCUT2D eigenvalue weighted by Gasteiger charge is -2.26. The minimum atomic E-state index is -0.418. The van der Waals surface area contributed by atoms with Gasteiger partial charge in [-0.25, -0.2) is 4.79 Å². The van der Waals surface area contributed by atoms with Crippen LogP contribution in [0.4, 0.5) is 4.79 Å². The van der Waals surface area contributed by atoms with Gasteiger partial charge in [-0.1, -0.05) is 0 Å². The minimum Gasteiger partial charge on any atom is -0.444 e. The molecule has 1 aliphatic heterocycles. The fraction of sp³-hybridized carbons (Fsp3) is 0.944. The molecule has 1 fully saturated rings. The van der Waals surface area contributed by atoms with Crippen molar-refractivity contribution in [2.24, 2.45) is 0 Å². The molecule has 0 aliphatic carbocycles. The Morgan fingerprint density at radius 2 is 1.96 bits per heavy atom. The summed E-state index contributed by atoms with van der Waals surface area (Å²) in [5, 5.41) is 3.62. The van der Waals surface area contributed by atoms with Crippen molar-refractivity contribution in [1.29, 1.82) is 0 Å². The smallest absolute Gasteiger partial charge is 0.410 e. The molecule has 1 heterocycles. The van der Waals surface area contributed by atoms with Gasteiger partial charge in [0.2, 0.25) is 0 Å². The van der Waals surface area contributed by atoms with E-state index in [0.29, 0.717) is 12.1 Å². The topological polar surface area (TPSA) is 50.8 Å². The predicted octanol–water partition coefficient (Wildman–Crippen LogP) is 3.57. The molecule has 0 bridgehead atoms. The monoisotopic (exact) mass is 328 g/mol. The van der Waals surface area contributed by atoms with Crippen LogP contribution in [-0.2, 0) is 9.47 Å². The van der Waals surface area contributed by atoms with Gasteiger partial charge in [-0.05, 0) is 73.3 Å². The van der Waals surface area contributed by atoms with Crippen molar-refractivity contribution in [3.05, 3.63) is 0 Å². The summed E-state index contributed by atoms with van der Waals surface area (Å²) < 4.78 is 11.0. The Balaban J connectivity index is 2.18. The van der Waals surface area contributed by atoms with E-state index in [1.807, 2.05) is 25.7 Å². The maximum absolute atomic E-state index is 12.1. The number of nitrogens with one attached hydrogen (secondary N) is 1. The van der Waals surface area contributed by atoms with Crippen LogP contribution in [0.5, 0.6) is 0 Å². The van der Waals surface area contributed by atoms with Crippen molar-refractivity contribution in [3.8, 4) is 0 Å². The van der Waals surface area contributed by atoms with E-state index in [9.17, 15) is 4.79 Å². The summed E-state index contributed by atoms with van der Waals surface area (Å²) >= 11 is 0. The zero-order valence-corrected chi connectivity index (χ0v) is 15.7. The lowest BCUT2D eigenvalue weighted by Crippen LogP contribution is -2.38. The van der Waals surface area contributed by atoms with Crippen LogP contribution in [0.2, 0.25) is 0 Å². The second kappa shape index (κ2) is 10.1. The van der Waals surface area contributed by atoms with E-state index in [1.54, 1.807) is 0 Å². The van der Waals surface area contributed by atoms with E-state index in [0.717, 1.165) is 58.3 Å². The van der Waals surface area contributed by atoms with Gasteiger partial charge in [-0.3, -0.25) is 0 Å². The summed E-state index contributed by atoms with van der Waals surface area (Å²) in [6.45, 7) is 13.3. The summed E-state index contributed by atoms with van der Waals surface area (Å²) in [5.41, 5.74) is -0.418. The fourth-order valence-electron chi connectivity index (χ4n) is 2.66. The summed E-state index contributed by atoms with van der Waals surface area (Å²) in [4.78, 5) is 14.0. The number of amides is 1. The van der Waals surface area contributed by atoms with Crippen LogP contribution in [0.3, 0.4) is 0 Å². The number of carbonyl (C=O) groups is 1. The molecule has 0 saturated carbocycles. The molecule has 1 unspecified atom stereocenters. The molecule has 1 atom stereocenters. The highest BCUT2D eigenvalue weighted by molar-refractivity contribution is 5.68. The highest BCUT2D eigenvalue weighted by Gasteiger charge is 2.24. The van der Waals surface area contributed by atoms with Crippen molar-refractivity contribution < 1.29 is 14.3 Å². The number of rotatable bonds is 7. The van der Waals surface area contributed by atoms with Crippen LogP contribution in [0.1, 0.15) is 66.7 Å². The van der Waals surface area contributed by atoms with Crippen molar-refractivity contribution >= 4 is 6.09 Å². The van der Waals surface area contributed by atoms with Crippen LogP contribution in [0.25, 0.3) is 0 Å². The molecule has 1 saturated heterocycles. The van der Waals surface area contributed by atoms with E-state index in [2.05, 4.69) is 19.2 Å². The van der Waals surface area contributed by atoms with E-state index in [1.165, 1.54) is 0 Å². The molecule has 0 aromatic rings. The summed E-state index contributed by atoms with van der Waals surface area (Å²) in [6.07, 6.45) is 5.55. The van der Waals surface area contributed by atoms with Gasteiger partial charge in [0.1, 0.15) is 5.60 Å². The molecule has 0 radical (unpaired) electrons. The molecule has 1 N–H and O–H groups in total. The Morgan fingerprint density at radius 3 is 2.61 bits per heavy atom. The molecule has 1 aliphatic rings. The van der Waals surface area contributed by atoms with E-state index < -0.39 is 5.60 Å². The molecular formula is C18H36N2O3. The zero-order valence-electron chi connectivity index (χ0n) is 15.7. The number of likely N-dealkylation sites (tertiary alicyclic amines) is 1. The first kappa shape index (κ1) is 20.2. The van der Waals surface area contributed by atoms with Crippen molar-refractivity contribution in [1.82, 2.24) is 10.2 Å². The van der Waals surface area contributed by atoms with Gasteiger partial charge in [0.05, 0.1) is 6.10 Å². The second-order valence-electron chi connectivity index (χ2n) is 7.68. The molecule has 1 amide bonds. The number of nitrogens with zero attached hydrogens (tertiary/aromatic N) is 1. The van der Waals surface area contributed by atoms with E-state index >= 15 is 0 Å². The van der Waals surface area contributed by atoms with E-state index in [-0.39, 0.29) is 6.09 Å². The Hall–Kier alpha value is -0.810. The normalized spacial score (nSPS) is 19.7. The molecule has 0 aromatic carbocycles. The number of unbranched alkanes of at least 4 members (excludes halogenated alkanes) is 1. The third kappa shape index (κ3) is 9.82. The number of hydrogen-bond donors (Lipinski definition) is 1. The summed E-state index contributed by atoms with van der Waals surface area (Å²) in [7, 11) is 0. The van der Waals surface area contributed by atoms with Crippen molar-refractivity contribution in [3.63, 3.8) is 0 Å². The van der Waals surface area contributed by atoms with Crippen LogP contribution in [0.15, 0.2) is 0 Å². The fourth-order valence-corrected chi connectivity index (χ4v) is 2.66. The molecule has 136 valence electrons. The molecule has 0 aromatic heterocycles. The molecule has 5 nitrogen and oxygen atoms in total. The number of hydrogen-bond acceptors (Lipinski definition) is 4. The zero-order chi connectivity index (χ0) is 17.3. The molecular weight excluding hydrogens is 292 g/mol. The van der Waals surface area contributed by atoms with Gasteiger partial charge in [-0.2, -0.15) is 0 Å². The van der Waals surface area contributed by atoms with Crippen molar-refractivity contribution in [2.75, 3.05) is 26.2 Å². The van der Waals surface area contributed by atoms with Crippen molar-refractivity contribution in [2.45, 2.75) is 84.5 Å². The third-order valence-corrected chi connectivity index (χ3v) is 3.84. The SMILES string of the molecule is CC(C)OCCCCNC1CCCN(C(=O)OC(C)(C)C)CC1. The van der Waals surface area contributed by atoms with Crippen LogP contribution >= 0.6 is 0 Å². The number of ether oxygens (including phenoxy) is 2. The van der Waals surface area contributed by atoms with E-state index in [4.69, 9.17) is 9.47 Å². The standard InChI is InChI=1S/C18H36N2O3/c1-15(2)22-14-7-6-11-19-16-9-8-12-20(13-10-16)17(21)23-18(3,4)5/h15-16,19H,6-14H2,1-5H3. The molecule has 0 spiro atoms. The highest BCUT2D eigenvalue weighted by Crippen LogP contribution is 2.15. The Labute approximate surface area is 142 Å². The van der Waals surface area contributed by atoms with Gasteiger partial charge < -0.3 is 19.7 Å². The minimum absolute atomic E-state index is 0.177. The first-order valence-electron chi connectivity index (χ1n) is 9.11. The average Bonchev–Trinajstić information content (AvgIpc) is 2.66. The molecule has 1 rings (SSSR count). The summed E-state index contributed by atoms with van der Waals surface area (Å²) in [6, 6.07) is 0.508. The Kier molecular flexibility index (Phi) is 8.92. The maximum atomic E-state index is 12.1. The molecule has 5 heteroatoms. The number of carbonyl (C=O) groups excluding carboxylic acids is 1. The highest BCUT2D eigenvalue weighted by atomic mass is 16.6. The van der Waals surface area contributed by atoms with Crippen LogP contribution in [-0.4, -0.2) is 55.0 Å². The maximum Gasteiger partial charge on any atom is 0.410 e. The van der Waals surface area contributed by atoms with Gasteiger partial charge >= 0.3 is 6.09 Å². The van der Waals surface area contributed by atoms with Gasteiger partial charge in [0.25, 0.3) is 0 Å². The first-order chi connectivity index (χ1) is 10.8. The lowest BCUT2D eigenvalue weighted by molar-refractivity contribution is 0.0256. The quantitative estimate of drug-likeness (QED) is 0.726. The third-order valence-electron chi connectivity index (χ3n) is 3.84. The van der Waals surface area contributed by atoms with Crippen LogP contribution < -0.4 is 5.32 Å². The first-order valence-corrected chi connectivity index (χ1v) is 9.11. The van der Waals surface area contributed by atoms with Gasteiger partial charge in [0.15, 0.2) is 0 Å². The Bertz CT molecular complexity index is 340.